The number of hydrogen-bond acceptors (Lipinski definition) is 4. The van der Waals surface area contributed by atoms with Gasteiger partial charge in [0, 0.05) is 32.7 Å². The van der Waals surface area contributed by atoms with Crippen molar-refractivity contribution in [3.05, 3.63) is 0 Å². The number of hydrogen-bond donors (Lipinski definition) is 1. The van der Waals surface area contributed by atoms with Gasteiger partial charge in [-0.3, -0.25) is 9.69 Å². The summed E-state index contributed by atoms with van der Waals surface area (Å²) in [5.74, 6) is 0.0792. The van der Waals surface area contributed by atoms with Crippen LogP contribution in [0.15, 0.2) is 0 Å². The Labute approximate surface area is 123 Å². The molecule has 5 heteroatoms. The lowest BCUT2D eigenvalue weighted by Crippen LogP contribution is -2.56. The Balaban J connectivity index is 2.33. The van der Waals surface area contributed by atoms with Crippen LogP contribution in [0.1, 0.15) is 34.6 Å². The molecule has 0 spiro atoms. The third kappa shape index (κ3) is 5.38. The van der Waals surface area contributed by atoms with Gasteiger partial charge in [-0.1, -0.05) is 20.8 Å². The smallest absolute Gasteiger partial charge is 0.240 e. The van der Waals surface area contributed by atoms with E-state index in [9.17, 15) is 4.79 Å². The molecule has 1 rings (SSSR count). The number of rotatable bonds is 5. The molecule has 1 heterocycles. The van der Waals surface area contributed by atoms with E-state index in [0.29, 0.717) is 0 Å². The first-order chi connectivity index (χ1) is 9.21. The van der Waals surface area contributed by atoms with E-state index < -0.39 is 6.04 Å². The first kappa shape index (κ1) is 17.4. The zero-order valence-electron chi connectivity index (χ0n) is 13.7. The summed E-state index contributed by atoms with van der Waals surface area (Å²) in [6.07, 6.45) is 0.280. The van der Waals surface area contributed by atoms with Gasteiger partial charge in [0.25, 0.3) is 0 Å². The number of carbonyl (C=O) groups is 1. The standard InChI is InChI=1S/C15H31N3O2/c1-12(2)20-11-10-17-6-8-18(9-7-17)14(19)13(16)15(3,4)5/h12-13H,6-11,16H2,1-5H3/t13-/m1/s1. The maximum absolute atomic E-state index is 12.3. The summed E-state index contributed by atoms with van der Waals surface area (Å²) < 4.78 is 5.56. The predicted molar refractivity (Wildman–Crippen MR) is 81.5 cm³/mol. The molecule has 0 saturated carbocycles. The van der Waals surface area contributed by atoms with Crippen LogP contribution in [-0.4, -0.2) is 67.2 Å². The maximum Gasteiger partial charge on any atom is 0.240 e. The molecule has 0 aliphatic carbocycles. The normalized spacial score (nSPS) is 19.4. The summed E-state index contributed by atoms with van der Waals surface area (Å²) in [6.45, 7) is 15.2. The van der Waals surface area contributed by atoms with Crippen molar-refractivity contribution in [3.8, 4) is 0 Å². The molecule has 0 unspecified atom stereocenters. The van der Waals surface area contributed by atoms with Gasteiger partial charge in [0.05, 0.1) is 18.8 Å². The third-order valence-corrected chi connectivity index (χ3v) is 3.74. The van der Waals surface area contributed by atoms with Crippen molar-refractivity contribution in [1.29, 1.82) is 0 Å². The van der Waals surface area contributed by atoms with Crippen LogP contribution in [0.25, 0.3) is 0 Å². The highest BCUT2D eigenvalue weighted by molar-refractivity contribution is 5.82. The highest BCUT2D eigenvalue weighted by Crippen LogP contribution is 2.19. The number of ether oxygens (including phenoxy) is 1. The van der Waals surface area contributed by atoms with E-state index in [0.717, 1.165) is 39.3 Å². The second kappa shape index (κ2) is 7.38. The van der Waals surface area contributed by atoms with Gasteiger partial charge in [-0.15, -0.1) is 0 Å². The molecule has 0 radical (unpaired) electrons. The maximum atomic E-state index is 12.3. The number of nitrogens with zero attached hydrogens (tertiary/aromatic N) is 2. The average molecular weight is 285 g/mol. The van der Waals surface area contributed by atoms with Crippen molar-refractivity contribution in [2.75, 3.05) is 39.3 Å². The van der Waals surface area contributed by atoms with E-state index in [1.807, 2.05) is 39.5 Å². The number of carbonyl (C=O) groups excluding carboxylic acids is 1. The van der Waals surface area contributed by atoms with Gasteiger partial charge in [-0.2, -0.15) is 0 Å². The van der Waals surface area contributed by atoms with Gasteiger partial charge in [0.1, 0.15) is 0 Å². The zero-order chi connectivity index (χ0) is 15.3. The molecule has 0 aromatic carbocycles. The Morgan fingerprint density at radius 1 is 1.20 bits per heavy atom. The van der Waals surface area contributed by atoms with Crippen LogP contribution in [0.4, 0.5) is 0 Å². The fourth-order valence-corrected chi connectivity index (χ4v) is 2.18. The topological polar surface area (TPSA) is 58.8 Å². The Kier molecular flexibility index (Phi) is 6.43. The molecular weight excluding hydrogens is 254 g/mol. The fraction of sp³-hybridized carbons (Fsp3) is 0.933. The van der Waals surface area contributed by atoms with Crippen molar-refractivity contribution < 1.29 is 9.53 Å². The highest BCUT2D eigenvalue weighted by Gasteiger charge is 2.32. The lowest BCUT2D eigenvalue weighted by Gasteiger charge is -2.38. The van der Waals surface area contributed by atoms with Gasteiger partial charge in [-0.05, 0) is 19.3 Å². The second-order valence-electron chi connectivity index (χ2n) is 6.93. The van der Waals surface area contributed by atoms with Crippen LogP contribution in [-0.2, 0) is 9.53 Å². The molecule has 1 aliphatic heterocycles. The molecule has 1 amide bonds. The molecule has 118 valence electrons. The van der Waals surface area contributed by atoms with Crippen molar-refractivity contribution in [1.82, 2.24) is 9.80 Å². The van der Waals surface area contributed by atoms with E-state index in [-0.39, 0.29) is 17.4 Å². The lowest BCUT2D eigenvalue weighted by atomic mass is 9.86. The van der Waals surface area contributed by atoms with Crippen LogP contribution in [0.5, 0.6) is 0 Å². The number of amides is 1. The minimum Gasteiger partial charge on any atom is -0.377 e. The van der Waals surface area contributed by atoms with Crippen LogP contribution in [0.2, 0.25) is 0 Å². The second-order valence-corrected chi connectivity index (χ2v) is 6.93. The number of nitrogens with two attached hydrogens (primary N) is 1. The van der Waals surface area contributed by atoms with Gasteiger partial charge in [0.2, 0.25) is 5.91 Å². The Morgan fingerprint density at radius 2 is 1.75 bits per heavy atom. The summed E-state index contributed by atoms with van der Waals surface area (Å²) in [4.78, 5) is 16.6. The van der Waals surface area contributed by atoms with E-state index in [1.165, 1.54) is 0 Å². The van der Waals surface area contributed by atoms with Crippen molar-refractivity contribution >= 4 is 5.91 Å². The Morgan fingerprint density at radius 3 is 2.20 bits per heavy atom. The molecule has 0 aromatic heterocycles. The molecular formula is C15H31N3O2. The lowest BCUT2D eigenvalue weighted by molar-refractivity contribution is -0.136. The first-order valence-electron chi connectivity index (χ1n) is 7.60. The minimum absolute atomic E-state index is 0.0792. The molecule has 1 aliphatic rings. The van der Waals surface area contributed by atoms with Crippen LogP contribution in [0.3, 0.4) is 0 Å². The quantitative estimate of drug-likeness (QED) is 0.816. The molecule has 1 atom stereocenters. The van der Waals surface area contributed by atoms with Gasteiger partial charge in [0.15, 0.2) is 0 Å². The summed E-state index contributed by atoms with van der Waals surface area (Å²) in [7, 11) is 0. The summed E-state index contributed by atoms with van der Waals surface area (Å²) in [5.41, 5.74) is 5.87. The van der Waals surface area contributed by atoms with E-state index in [1.54, 1.807) is 0 Å². The predicted octanol–water partition coefficient (Wildman–Crippen LogP) is 0.929. The molecule has 1 fully saturated rings. The molecule has 1 saturated heterocycles. The van der Waals surface area contributed by atoms with E-state index in [2.05, 4.69) is 4.90 Å². The van der Waals surface area contributed by atoms with Crippen molar-refractivity contribution in [2.24, 2.45) is 11.1 Å². The van der Waals surface area contributed by atoms with Gasteiger partial charge in [-0.25, -0.2) is 0 Å². The van der Waals surface area contributed by atoms with Crippen LogP contribution in [0, 0.1) is 5.41 Å². The van der Waals surface area contributed by atoms with Crippen molar-refractivity contribution in [2.45, 2.75) is 46.8 Å². The average Bonchev–Trinajstić information content (AvgIpc) is 2.36. The van der Waals surface area contributed by atoms with Crippen LogP contribution >= 0.6 is 0 Å². The summed E-state index contributed by atoms with van der Waals surface area (Å²) >= 11 is 0. The van der Waals surface area contributed by atoms with Crippen LogP contribution < -0.4 is 5.73 Å². The first-order valence-corrected chi connectivity index (χ1v) is 7.60. The molecule has 0 bridgehead atoms. The number of piperazine rings is 1. The summed E-state index contributed by atoms with van der Waals surface area (Å²) in [5, 5.41) is 0. The zero-order valence-corrected chi connectivity index (χ0v) is 13.7. The molecule has 20 heavy (non-hydrogen) atoms. The van der Waals surface area contributed by atoms with Gasteiger partial charge >= 0.3 is 0 Å². The van der Waals surface area contributed by atoms with E-state index in [4.69, 9.17) is 10.5 Å². The summed E-state index contributed by atoms with van der Waals surface area (Å²) in [6, 6.07) is -0.418. The fourth-order valence-electron chi connectivity index (χ4n) is 2.18. The minimum atomic E-state index is -0.418. The molecule has 5 nitrogen and oxygen atoms in total. The molecule has 0 aromatic rings. The van der Waals surface area contributed by atoms with Gasteiger partial charge < -0.3 is 15.4 Å². The largest absolute Gasteiger partial charge is 0.377 e. The monoisotopic (exact) mass is 285 g/mol. The SMILES string of the molecule is CC(C)OCCN1CCN(C(=O)[C@@H](N)C(C)(C)C)CC1. The third-order valence-electron chi connectivity index (χ3n) is 3.74. The van der Waals surface area contributed by atoms with Crippen molar-refractivity contribution in [3.63, 3.8) is 0 Å². The molecule has 2 N–H and O–H groups in total. The Bertz CT molecular complexity index is 305. The highest BCUT2D eigenvalue weighted by atomic mass is 16.5. The Hall–Kier alpha value is -0.650. The van der Waals surface area contributed by atoms with E-state index >= 15 is 0 Å².